The molecule has 1 aromatic rings. The highest BCUT2D eigenvalue weighted by atomic mass is 16.7. The second-order valence-electron chi connectivity index (χ2n) is 6.71. The highest BCUT2D eigenvalue weighted by Crippen LogP contribution is 2.36. The van der Waals surface area contributed by atoms with Gasteiger partial charge in [0, 0.05) is 6.42 Å². The van der Waals surface area contributed by atoms with Gasteiger partial charge in [0.2, 0.25) is 0 Å². The third kappa shape index (κ3) is 3.69. The quantitative estimate of drug-likeness (QED) is 0.614. The molecule has 1 heterocycles. The summed E-state index contributed by atoms with van der Waals surface area (Å²) in [6, 6.07) is 7.91. The molecule has 4 heteroatoms. The zero-order valence-electron chi connectivity index (χ0n) is 13.7. The van der Waals surface area contributed by atoms with Gasteiger partial charge in [-0.15, -0.1) is 6.58 Å². The minimum atomic E-state index is -0.320. The van der Waals surface area contributed by atoms with Gasteiger partial charge in [-0.25, -0.2) is 0 Å². The van der Waals surface area contributed by atoms with E-state index in [1.54, 1.807) is 0 Å². The number of ether oxygens (including phenoxy) is 1. The maximum absolute atomic E-state index is 6.03. The van der Waals surface area contributed by atoms with E-state index in [0.717, 1.165) is 23.2 Å². The molecule has 0 radical (unpaired) electrons. The average Bonchev–Trinajstić information content (AvgIpc) is 2.59. The number of hydrogen-bond donors (Lipinski definition) is 0. The Morgan fingerprint density at radius 1 is 1.10 bits per heavy atom. The first-order valence-electron chi connectivity index (χ1n) is 7.44. The molecule has 1 aromatic carbocycles. The van der Waals surface area contributed by atoms with E-state index in [9.17, 15) is 0 Å². The fourth-order valence-corrected chi connectivity index (χ4v) is 2.04. The Balaban J connectivity index is 1.99. The zero-order valence-corrected chi connectivity index (χ0v) is 13.7. The van der Waals surface area contributed by atoms with Crippen LogP contribution in [-0.4, -0.2) is 24.9 Å². The number of benzene rings is 1. The molecular formula is C17H25BO3. The van der Waals surface area contributed by atoms with E-state index in [0.29, 0.717) is 6.61 Å². The van der Waals surface area contributed by atoms with Crippen molar-refractivity contribution >= 4 is 12.6 Å². The summed E-state index contributed by atoms with van der Waals surface area (Å²) in [6.07, 6.45) is 0.874. The van der Waals surface area contributed by atoms with Gasteiger partial charge in [0.15, 0.2) is 0 Å². The van der Waals surface area contributed by atoms with Crippen molar-refractivity contribution in [2.45, 2.75) is 52.2 Å². The molecule has 21 heavy (non-hydrogen) atoms. The molecule has 0 bridgehead atoms. The molecule has 0 aromatic heterocycles. The lowest BCUT2D eigenvalue weighted by molar-refractivity contribution is 0.00578. The molecule has 1 fully saturated rings. The Morgan fingerprint density at radius 3 is 2.10 bits per heavy atom. The van der Waals surface area contributed by atoms with Gasteiger partial charge in [0.1, 0.15) is 5.75 Å². The third-order valence-corrected chi connectivity index (χ3v) is 4.20. The molecule has 2 rings (SSSR count). The molecule has 0 N–H and O–H groups in total. The fourth-order valence-electron chi connectivity index (χ4n) is 2.04. The van der Waals surface area contributed by atoms with Gasteiger partial charge >= 0.3 is 7.12 Å². The molecule has 1 aliphatic rings. The van der Waals surface area contributed by atoms with E-state index in [-0.39, 0.29) is 18.3 Å². The van der Waals surface area contributed by atoms with E-state index in [1.165, 1.54) is 0 Å². The van der Waals surface area contributed by atoms with Crippen LogP contribution in [0, 0.1) is 0 Å². The van der Waals surface area contributed by atoms with E-state index in [2.05, 4.69) is 34.3 Å². The van der Waals surface area contributed by atoms with E-state index in [1.807, 2.05) is 31.2 Å². The monoisotopic (exact) mass is 288 g/mol. The van der Waals surface area contributed by atoms with Crippen LogP contribution in [0.1, 0.15) is 41.0 Å². The van der Waals surface area contributed by atoms with Gasteiger partial charge in [-0.2, -0.15) is 0 Å². The molecule has 1 saturated heterocycles. The van der Waals surface area contributed by atoms with Crippen LogP contribution in [0.15, 0.2) is 36.4 Å². The predicted octanol–water partition coefficient (Wildman–Crippen LogP) is 3.33. The van der Waals surface area contributed by atoms with Crippen molar-refractivity contribution in [3.63, 3.8) is 0 Å². The summed E-state index contributed by atoms with van der Waals surface area (Å²) in [5, 5.41) is 0. The fraction of sp³-hybridized carbons (Fsp3) is 0.529. The smallest absolute Gasteiger partial charge is 0.493 e. The predicted molar refractivity (Wildman–Crippen MR) is 87.1 cm³/mol. The van der Waals surface area contributed by atoms with Crippen LogP contribution in [0.3, 0.4) is 0 Å². The first-order valence-corrected chi connectivity index (χ1v) is 7.44. The lowest BCUT2D eigenvalue weighted by Gasteiger charge is -2.32. The second kappa shape index (κ2) is 5.86. The maximum atomic E-state index is 6.03. The Hall–Kier alpha value is -1.26. The summed E-state index contributed by atoms with van der Waals surface area (Å²) < 4.78 is 17.7. The molecule has 1 aliphatic heterocycles. The van der Waals surface area contributed by atoms with Crippen molar-refractivity contribution in [3.8, 4) is 5.75 Å². The molecule has 0 saturated carbocycles. The Bertz CT molecular complexity index is 489. The highest BCUT2D eigenvalue weighted by Gasteiger charge is 2.51. The SMILES string of the molecule is C=C(C)CCOc1ccc(B2OC(C)(C)C(C)(C)O2)cc1. The Kier molecular flexibility index (Phi) is 4.50. The number of rotatable bonds is 5. The van der Waals surface area contributed by atoms with Crippen molar-refractivity contribution < 1.29 is 14.0 Å². The van der Waals surface area contributed by atoms with Gasteiger partial charge in [0.25, 0.3) is 0 Å². The molecule has 3 nitrogen and oxygen atoms in total. The molecule has 0 aliphatic carbocycles. The van der Waals surface area contributed by atoms with Crippen molar-refractivity contribution in [1.29, 1.82) is 0 Å². The highest BCUT2D eigenvalue weighted by molar-refractivity contribution is 6.62. The summed E-state index contributed by atoms with van der Waals surface area (Å²) in [5.41, 5.74) is 1.52. The summed E-state index contributed by atoms with van der Waals surface area (Å²) >= 11 is 0. The van der Waals surface area contributed by atoms with Crippen molar-refractivity contribution in [2.24, 2.45) is 0 Å². The lowest BCUT2D eigenvalue weighted by atomic mass is 9.79. The van der Waals surface area contributed by atoms with Crippen molar-refractivity contribution in [1.82, 2.24) is 0 Å². The van der Waals surface area contributed by atoms with Crippen LogP contribution in [0.25, 0.3) is 0 Å². The van der Waals surface area contributed by atoms with Crippen LogP contribution in [0.4, 0.5) is 0 Å². The Morgan fingerprint density at radius 2 is 1.62 bits per heavy atom. The molecule has 0 unspecified atom stereocenters. The molecular weight excluding hydrogens is 263 g/mol. The van der Waals surface area contributed by atoms with Gasteiger partial charge in [-0.05, 0) is 52.2 Å². The van der Waals surface area contributed by atoms with Gasteiger partial charge in [0.05, 0.1) is 17.8 Å². The summed E-state index contributed by atoms with van der Waals surface area (Å²) in [5.74, 6) is 0.858. The maximum Gasteiger partial charge on any atom is 0.494 e. The minimum Gasteiger partial charge on any atom is -0.493 e. The van der Waals surface area contributed by atoms with E-state index < -0.39 is 0 Å². The van der Waals surface area contributed by atoms with Crippen LogP contribution in [0.5, 0.6) is 5.75 Å². The standard InChI is InChI=1S/C17H25BO3/c1-13(2)11-12-19-15-9-7-14(8-10-15)18-20-16(3,4)17(5,6)21-18/h7-10H,1,11-12H2,2-6H3. The summed E-state index contributed by atoms with van der Waals surface area (Å²) in [6.45, 7) is 14.8. The van der Waals surface area contributed by atoms with E-state index in [4.69, 9.17) is 14.0 Å². The first kappa shape index (κ1) is 16.1. The largest absolute Gasteiger partial charge is 0.494 e. The van der Waals surface area contributed by atoms with Crippen LogP contribution >= 0.6 is 0 Å². The van der Waals surface area contributed by atoms with Gasteiger partial charge < -0.3 is 14.0 Å². The normalized spacial score (nSPS) is 19.6. The van der Waals surface area contributed by atoms with Crippen LogP contribution in [-0.2, 0) is 9.31 Å². The molecule has 0 spiro atoms. The van der Waals surface area contributed by atoms with Gasteiger partial charge in [-0.3, -0.25) is 0 Å². The average molecular weight is 288 g/mol. The van der Waals surface area contributed by atoms with Crippen LogP contribution < -0.4 is 10.2 Å². The van der Waals surface area contributed by atoms with Crippen molar-refractivity contribution in [2.75, 3.05) is 6.61 Å². The molecule has 0 atom stereocenters. The minimum absolute atomic E-state index is 0.311. The molecule has 114 valence electrons. The molecule has 0 amide bonds. The van der Waals surface area contributed by atoms with Crippen molar-refractivity contribution in [3.05, 3.63) is 36.4 Å². The zero-order chi connectivity index (χ0) is 15.7. The lowest BCUT2D eigenvalue weighted by Crippen LogP contribution is -2.41. The topological polar surface area (TPSA) is 27.7 Å². The summed E-state index contributed by atoms with van der Waals surface area (Å²) in [7, 11) is -0.320. The van der Waals surface area contributed by atoms with Gasteiger partial charge in [-0.1, -0.05) is 17.7 Å². The first-order chi connectivity index (χ1) is 9.71. The summed E-state index contributed by atoms with van der Waals surface area (Å²) in [4.78, 5) is 0. The third-order valence-electron chi connectivity index (χ3n) is 4.20. The second-order valence-corrected chi connectivity index (χ2v) is 6.71. The van der Waals surface area contributed by atoms with Crippen LogP contribution in [0.2, 0.25) is 0 Å². The number of hydrogen-bond acceptors (Lipinski definition) is 3. The Labute approximate surface area is 128 Å². The van der Waals surface area contributed by atoms with E-state index >= 15 is 0 Å².